The lowest BCUT2D eigenvalue weighted by Crippen LogP contribution is -2.40. The van der Waals surface area contributed by atoms with Gasteiger partial charge in [0.2, 0.25) is 0 Å². The van der Waals surface area contributed by atoms with Gasteiger partial charge in [-0.25, -0.2) is 4.99 Å². The molecule has 0 aromatic carbocycles. The minimum Gasteiger partial charge on any atom is -0.347 e. The van der Waals surface area contributed by atoms with Gasteiger partial charge in [-0.05, 0) is 58.0 Å². The van der Waals surface area contributed by atoms with Crippen LogP contribution in [-0.2, 0) is 0 Å². The summed E-state index contributed by atoms with van der Waals surface area (Å²) in [6.45, 7) is 5.92. The minimum absolute atomic E-state index is 0.113. The zero-order valence-electron chi connectivity index (χ0n) is 16.3. The Hall–Kier alpha value is -1.89. The standard InChI is InChI=1S/C21H27F3N4/c1-12(14-3-5-17(9-14)21(22,23)24)26-20-18-10-15(16-7-8-25-11-16)4-6-19(18)27-13(2)28-20/h3,5-6,9,12,14-16,18,25H,4,7-8,10-11H2,1-2H3,(H,26,27,28). The SMILES string of the molecule is CC1=NC(=NC(C)C2C=CC(C(F)(F)F)=C2)C2CC(C3CCNC3)CC=C2N1. The molecule has 4 aliphatic rings. The first kappa shape index (κ1) is 19.4. The van der Waals surface area contributed by atoms with Crippen molar-refractivity contribution in [3.63, 3.8) is 0 Å². The van der Waals surface area contributed by atoms with Crippen LogP contribution in [0.1, 0.15) is 33.1 Å². The van der Waals surface area contributed by atoms with Crippen LogP contribution < -0.4 is 10.6 Å². The molecule has 0 saturated carbocycles. The molecule has 5 atom stereocenters. The molecule has 0 radical (unpaired) electrons. The molecule has 0 bridgehead atoms. The third-order valence-electron chi connectivity index (χ3n) is 6.33. The largest absolute Gasteiger partial charge is 0.416 e. The van der Waals surface area contributed by atoms with Crippen LogP contribution in [0, 0.1) is 23.7 Å². The molecule has 5 unspecified atom stereocenters. The number of hydrogen-bond acceptors (Lipinski definition) is 3. The zero-order chi connectivity index (χ0) is 19.9. The highest BCUT2D eigenvalue weighted by Gasteiger charge is 2.37. The van der Waals surface area contributed by atoms with Crippen LogP contribution in [0.15, 0.2) is 45.6 Å². The molecule has 7 heteroatoms. The normalized spacial score (nSPS) is 35.2. The predicted molar refractivity (Wildman–Crippen MR) is 105 cm³/mol. The van der Waals surface area contributed by atoms with Crippen molar-refractivity contribution in [2.45, 2.75) is 45.3 Å². The second-order valence-electron chi connectivity index (χ2n) is 8.30. The van der Waals surface area contributed by atoms with Crippen molar-refractivity contribution in [3.05, 3.63) is 35.6 Å². The van der Waals surface area contributed by atoms with E-state index in [0.717, 1.165) is 49.4 Å². The Labute approximate surface area is 163 Å². The summed E-state index contributed by atoms with van der Waals surface area (Å²) in [6.07, 6.45) is 5.26. The molecule has 28 heavy (non-hydrogen) atoms. The maximum Gasteiger partial charge on any atom is 0.416 e. The van der Waals surface area contributed by atoms with Crippen LogP contribution >= 0.6 is 0 Å². The van der Waals surface area contributed by atoms with Crippen LogP contribution in [0.25, 0.3) is 0 Å². The zero-order valence-corrected chi connectivity index (χ0v) is 16.3. The summed E-state index contributed by atoms with van der Waals surface area (Å²) in [5.74, 6) is 2.60. The molecule has 1 saturated heterocycles. The second-order valence-corrected chi connectivity index (χ2v) is 8.30. The van der Waals surface area contributed by atoms with Crippen molar-refractivity contribution in [2.75, 3.05) is 13.1 Å². The average Bonchev–Trinajstić information content (AvgIpc) is 3.33. The summed E-state index contributed by atoms with van der Waals surface area (Å²) in [5.41, 5.74) is 0.565. The van der Waals surface area contributed by atoms with E-state index in [1.165, 1.54) is 12.5 Å². The minimum atomic E-state index is -4.30. The topological polar surface area (TPSA) is 48.8 Å². The molecule has 0 spiro atoms. The Kier molecular flexibility index (Phi) is 5.21. The average molecular weight is 392 g/mol. The summed E-state index contributed by atoms with van der Waals surface area (Å²) < 4.78 is 38.8. The van der Waals surface area contributed by atoms with Gasteiger partial charge in [-0.3, -0.25) is 4.99 Å². The summed E-state index contributed by atoms with van der Waals surface area (Å²) in [5, 5.41) is 6.81. The Morgan fingerprint density at radius 1 is 1.29 bits per heavy atom. The van der Waals surface area contributed by atoms with Gasteiger partial charge in [-0.15, -0.1) is 0 Å². The Balaban J connectivity index is 1.54. The molecule has 0 aromatic heterocycles. The summed E-state index contributed by atoms with van der Waals surface area (Å²) in [6, 6.07) is -0.282. The van der Waals surface area contributed by atoms with E-state index in [1.807, 2.05) is 13.8 Å². The Morgan fingerprint density at radius 2 is 2.11 bits per heavy atom. The number of alkyl halides is 3. The van der Waals surface area contributed by atoms with Gasteiger partial charge in [0.1, 0.15) is 11.7 Å². The fraction of sp³-hybridized carbons (Fsp3) is 0.619. The van der Waals surface area contributed by atoms with E-state index < -0.39 is 11.7 Å². The number of rotatable bonds is 3. The molecule has 2 heterocycles. The van der Waals surface area contributed by atoms with Crippen LogP contribution in [0.3, 0.4) is 0 Å². The molecular weight excluding hydrogens is 365 g/mol. The van der Waals surface area contributed by atoms with Gasteiger partial charge >= 0.3 is 6.18 Å². The van der Waals surface area contributed by atoms with Gasteiger partial charge in [-0.2, -0.15) is 13.2 Å². The number of hydrogen-bond donors (Lipinski definition) is 2. The van der Waals surface area contributed by atoms with Gasteiger partial charge in [0, 0.05) is 11.6 Å². The van der Waals surface area contributed by atoms with Gasteiger partial charge < -0.3 is 10.6 Å². The maximum atomic E-state index is 12.9. The van der Waals surface area contributed by atoms with Gasteiger partial charge in [0.15, 0.2) is 0 Å². The molecule has 2 N–H and O–H groups in total. The highest BCUT2D eigenvalue weighted by Crippen LogP contribution is 2.38. The van der Waals surface area contributed by atoms with Gasteiger partial charge in [0.25, 0.3) is 0 Å². The molecule has 4 nitrogen and oxygen atoms in total. The highest BCUT2D eigenvalue weighted by atomic mass is 19.4. The second kappa shape index (κ2) is 7.50. The lowest BCUT2D eigenvalue weighted by molar-refractivity contribution is -0.0881. The number of nitrogens with one attached hydrogen (secondary N) is 2. The lowest BCUT2D eigenvalue weighted by atomic mass is 9.76. The van der Waals surface area contributed by atoms with Crippen molar-refractivity contribution >= 4 is 11.7 Å². The van der Waals surface area contributed by atoms with Crippen LogP contribution in [0.5, 0.6) is 0 Å². The third-order valence-corrected chi connectivity index (χ3v) is 6.33. The molecule has 4 rings (SSSR count). The van der Waals surface area contributed by atoms with Crippen LogP contribution in [0.2, 0.25) is 0 Å². The molecule has 1 fully saturated rings. The van der Waals surface area contributed by atoms with Crippen LogP contribution in [0.4, 0.5) is 13.2 Å². The first-order valence-electron chi connectivity index (χ1n) is 10.1. The molecule has 2 aliphatic carbocycles. The number of nitrogens with zero attached hydrogens (tertiary/aromatic N) is 2. The molecule has 152 valence electrons. The number of aliphatic imine (C=N–C) groups is 2. The quantitative estimate of drug-likeness (QED) is 0.763. The predicted octanol–water partition coefficient (Wildman–Crippen LogP) is 3.99. The number of allylic oxidation sites excluding steroid dienone is 3. The van der Waals surface area contributed by atoms with Crippen molar-refractivity contribution in [3.8, 4) is 0 Å². The lowest BCUT2D eigenvalue weighted by Gasteiger charge is -2.35. The monoisotopic (exact) mass is 392 g/mol. The number of fused-ring (bicyclic) bond motifs is 1. The number of amidine groups is 2. The molecule has 2 aliphatic heterocycles. The maximum absolute atomic E-state index is 12.9. The first-order valence-corrected chi connectivity index (χ1v) is 10.1. The summed E-state index contributed by atoms with van der Waals surface area (Å²) in [4.78, 5) is 9.44. The van der Waals surface area contributed by atoms with E-state index in [4.69, 9.17) is 4.99 Å². The highest BCUT2D eigenvalue weighted by molar-refractivity contribution is 6.02. The smallest absolute Gasteiger partial charge is 0.347 e. The first-order chi connectivity index (χ1) is 13.3. The van der Waals surface area contributed by atoms with Gasteiger partial charge in [-0.1, -0.05) is 24.3 Å². The fourth-order valence-electron chi connectivity index (χ4n) is 4.72. The van der Waals surface area contributed by atoms with Crippen LogP contribution in [-0.4, -0.2) is 37.0 Å². The molecule has 0 aromatic rings. The van der Waals surface area contributed by atoms with E-state index in [-0.39, 0.29) is 17.9 Å². The van der Waals surface area contributed by atoms with E-state index >= 15 is 0 Å². The van der Waals surface area contributed by atoms with Crippen molar-refractivity contribution in [1.29, 1.82) is 0 Å². The summed E-state index contributed by atoms with van der Waals surface area (Å²) in [7, 11) is 0. The molecule has 0 amide bonds. The van der Waals surface area contributed by atoms with Crippen molar-refractivity contribution < 1.29 is 13.2 Å². The van der Waals surface area contributed by atoms with Gasteiger partial charge in [0.05, 0.1) is 17.5 Å². The van der Waals surface area contributed by atoms with Crippen molar-refractivity contribution in [2.24, 2.45) is 33.7 Å². The molecular formula is C21H27F3N4. The Bertz CT molecular complexity index is 769. The number of halogens is 3. The van der Waals surface area contributed by atoms with Crippen molar-refractivity contribution in [1.82, 2.24) is 10.6 Å². The third kappa shape index (κ3) is 3.95. The van der Waals surface area contributed by atoms with E-state index in [0.29, 0.717) is 11.8 Å². The van der Waals surface area contributed by atoms with E-state index in [9.17, 15) is 13.2 Å². The van der Waals surface area contributed by atoms with E-state index in [1.54, 1.807) is 6.08 Å². The fourth-order valence-corrected chi connectivity index (χ4v) is 4.72. The summed E-state index contributed by atoms with van der Waals surface area (Å²) >= 11 is 0. The Morgan fingerprint density at radius 3 is 2.79 bits per heavy atom. The van der Waals surface area contributed by atoms with E-state index in [2.05, 4.69) is 21.7 Å².